The second-order valence-corrected chi connectivity index (χ2v) is 5.90. The van der Waals surface area contributed by atoms with E-state index in [-0.39, 0.29) is 5.79 Å². The number of aromatic nitrogens is 1. The highest BCUT2D eigenvalue weighted by Crippen LogP contribution is 2.40. The number of allylic oxidation sites excluding steroid dienone is 1. The van der Waals surface area contributed by atoms with Crippen LogP contribution >= 0.6 is 0 Å². The molecule has 4 nitrogen and oxygen atoms in total. The maximum absolute atomic E-state index is 9.65. The Balaban J connectivity index is 1.73. The second-order valence-electron chi connectivity index (χ2n) is 5.90. The molecule has 1 aromatic carbocycles. The fourth-order valence-electron chi connectivity index (χ4n) is 3.44. The molecule has 1 spiro atoms. The van der Waals surface area contributed by atoms with Crippen molar-refractivity contribution in [3.63, 3.8) is 0 Å². The van der Waals surface area contributed by atoms with Crippen molar-refractivity contribution in [2.24, 2.45) is 7.05 Å². The van der Waals surface area contributed by atoms with E-state index in [9.17, 15) is 5.11 Å². The van der Waals surface area contributed by atoms with E-state index in [4.69, 9.17) is 9.47 Å². The zero-order valence-corrected chi connectivity index (χ0v) is 12.1. The molecule has 1 fully saturated rings. The second kappa shape index (κ2) is 4.61. The minimum Gasteiger partial charge on any atom is -0.508 e. The van der Waals surface area contributed by atoms with E-state index in [0.717, 1.165) is 24.8 Å². The van der Waals surface area contributed by atoms with Crippen LogP contribution < -0.4 is 0 Å². The molecule has 4 rings (SSSR count). The van der Waals surface area contributed by atoms with Crippen LogP contribution in [0.2, 0.25) is 0 Å². The van der Waals surface area contributed by atoms with Gasteiger partial charge in [-0.1, -0.05) is 6.08 Å². The monoisotopic (exact) mass is 285 g/mol. The third kappa shape index (κ3) is 2.06. The number of aryl methyl sites for hydroxylation is 1. The summed E-state index contributed by atoms with van der Waals surface area (Å²) in [6.07, 6.45) is 7.07. The molecule has 2 aromatic rings. The highest BCUT2D eigenvalue weighted by Gasteiger charge is 2.37. The van der Waals surface area contributed by atoms with Crippen molar-refractivity contribution in [1.29, 1.82) is 0 Å². The summed E-state index contributed by atoms with van der Waals surface area (Å²) in [4.78, 5) is 0. The number of hydrogen-bond donors (Lipinski definition) is 1. The molecule has 1 aliphatic heterocycles. The van der Waals surface area contributed by atoms with Gasteiger partial charge in [-0.15, -0.1) is 0 Å². The van der Waals surface area contributed by atoms with Crippen molar-refractivity contribution in [1.82, 2.24) is 4.57 Å². The molecule has 0 amide bonds. The first-order valence-corrected chi connectivity index (χ1v) is 7.42. The van der Waals surface area contributed by atoms with Crippen molar-refractivity contribution in [3.05, 3.63) is 36.0 Å². The van der Waals surface area contributed by atoms with Crippen LogP contribution in [-0.2, 0) is 16.5 Å². The topological polar surface area (TPSA) is 43.6 Å². The number of ether oxygens (including phenoxy) is 2. The van der Waals surface area contributed by atoms with Gasteiger partial charge in [-0.05, 0) is 24.1 Å². The average molecular weight is 285 g/mol. The maximum atomic E-state index is 9.65. The highest BCUT2D eigenvalue weighted by atomic mass is 16.7. The van der Waals surface area contributed by atoms with Gasteiger partial charge in [0.1, 0.15) is 5.75 Å². The molecule has 4 heteroatoms. The zero-order valence-electron chi connectivity index (χ0n) is 12.1. The van der Waals surface area contributed by atoms with Crippen LogP contribution in [-0.4, -0.2) is 28.7 Å². The molecule has 2 aliphatic rings. The zero-order chi connectivity index (χ0) is 14.4. The van der Waals surface area contributed by atoms with Gasteiger partial charge in [0.15, 0.2) is 5.79 Å². The fraction of sp³-hybridized carbons (Fsp3) is 0.412. The van der Waals surface area contributed by atoms with Crippen LogP contribution in [0.4, 0.5) is 0 Å². The predicted molar refractivity (Wildman–Crippen MR) is 81.0 cm³/mol. The lowest BCUT2D eigenvalue weighted by Crippen LogP contribution is -2.31. The Morgan fingerprint density at radius 1 is 1.24 bits per heavy atom. The average Bonchev–Trinajstić information content (AvgIpc) is 3.06. The molecule has 0 radical (unpaired) electrons. The molecular formula is C17H19NO3. The highest BCUT2D eigenvalue weighted by molar-refractivity contribution is 5.94. The summed E-state index contributed by atoms with van der Waals surface area (Å²) in [5.74, 6) is -0.0635. The third-order valence-electron chi connectivity index (χ3n) is 4.57. The summed E-state index contributed by atoms with van der Waals surface area (Å²) in [6.45, 7) is 1.41. The molecule has 2 heterocycles. The summed E-state index contributed by atoms with van der Waals surface area (Å²) in [5.41, 5.74) is 3.65. The van der Waals surface area contributed by atoms with Gasteiger partial charge >= 0.3 is 0 Å². The van der Waals surface area contributed by atoms with Crippen LogP contribution in [0.3, 0.4) is 0 Å². The van der Waals surface area contributed by atoms with E-state index >= 15 is 0 Å². The Labute approximate surface area is 123 Å². The van der Waals surface area contributed by atoms with Crippen molar-refractivity contribution < 1.29 is 14.6 Å². The molecule has 110 valence electrons. The van der Waals surface area contributed by atoms with Gasteiger partial charge in [-0.3, -0.25) is 0 Å². The largest absolute Gasteiger partial charge is 0.508 e. The van der Waals surface area contributed by atoms with E-state index < -0.39 is 0 Å². The van der Waals surface area contributed by atoms with E-state index in [1.54, 1.807) is 6.07 Å². The van der Waals surface area contributed by atoms with Gasteiger partial charge in [0.25, 0.3) is 0 Å². The van der Waals surface area contributed by atoms with Crippen molar-refractivity contribution in [3.8, 4) is 5.75 Å². The summed E-state index contributed by atoms with van der Waals surface area (Å²) in [6, 6.07) is 5.56. The van der Waals surface area contributed by atoms with Gasteiger partial charge in [-0.25, -0.2) is 0 Å². The molecule has 1 aliphatic carbocycles. The Bertz CT molecular complexity index is 723. The summed E-state index contributed by atoms with van der Waals surface area (Å²) in [5, 5.41) is 10.8. The van der Waals surface area contributed by atoms with Crippen molar-refractivity contribution in [2.75, 3.05) is 13.2 Å². The first kappa shape index (κ1) is 12.9. The number of fused-ring (bicyclic) bond motifs is 1. The Kier molecular flexibility index (Phi) is 2.84. The molecule has 0 saturated carbocycles. The van der Waals surface area contributed by atoms with Crippen LogP contribution in [0.15, 0.2) is 30.5 Å². The van der Waals surface area contributed by atoms with Crippen LogP contribution in [0.5, 0.6) is 5.75 Å². The first-order chi connectivity index (χ1) is 10.2. The minimum absolute atomic E-state index is 0.305. The van der Waals surface area contributed by atoms with E-state index in [1.807, 2.05) is 19.2 Å². The summed E-state index contributed by atoms with van der Waals surface area (Å²) < 4.78 is 13.6. The number of phenols is 1. The molecule has 21 heavy (non-hydrogen) atoms. The number of aromatic hydroxyl groups is 1. The number of benzene rings is 1. The molecule has 1 aromatic heterocycles. The third-order valence-corrected chi connectivity index (χ3v) is 4.57. The predicted octanol–water partition coefficient (Wildman–Crippen LogP) is 3.19. The molecule has 1 N–H and O–H groups in total. The number of rotatable bonds is 1. The van der Waals surface area contributed by atoms with Crippen LogP contribution in [0.1, 0.15) is 24.8 Å². The van der Waals surface area contributed by atoms with Crippen LogP contribution in [0.25, 0.3) is 16.5 Å². The van der Waals surface area contributed by atoms with Gasteiger partial charge in [0.05, 0.1) is 18.7 Å². The van der Waals surface area contributed by atoms with Gasteiger partial charge in [0, 0.05) is 43.1 Å². The van der Waals surface area contributed by atoms with E-state index in [1.165, 1.54) is 16.5 Å². The Morgan fingerprint density at radius 2 is 2.05 bits per heavy atom. The fourth-order valence-corrected chi connectivity index (χ4v) is 3.44. The van der Waals surface area contributed by atoms with E-state index in [2.05, 4.69) is 16.8 Å². The van der Waals surface area contributed by atoms with Gasteiger partial charge < -0.3 is 19.1 Å². The maximum Gasteiger partial charge on any atom is 0.172 e. The van der Waals surface area contributed by atoms with Gasteiger partial charge in [-0.2, -0.15) is 0 Å². The quantitative estimate of drug-likeness (QED) is 0.875. The lowest BCUT2D eigenvalue weighted by molar-refractivity contribution is -0.159. The number of hydrogen-bond acceptors (Lipinski definition) is 3. The number of nitrogens with zero attached hydrogens (tertiary/aromatic N) is 1. The Morgan fingerprint density at radius 3 is 2.76 bits per heavy atom. The summed E-state index contributed by atoms with van der Waals surface area (Å²) >= 11 is 0. The van der Waals surface area contributed by atoms with Crippen molar-refractivity contribution >= 4 is 16.5 Å². The molecule has 0 atom stereocenters. The van der Waals surface area contributed by atoms with E-state index in [0.29, 0.717) is 19.0 Å². The lowest BCUT2D eigenvalue weighted by atomic mass is 9.89. The standard InChI is InChI=1S/C17H19NO3/c1-18-11-15(14-3-2-13(19)10-16(14)18)12-4-6-17(7-5-12)20-8-9-21-17/h2-4,10-11,19H,5-9H2,1H3. The molecular weight excluding hydrogens is 266 g/mol. The normalized spacial score (nSPS) is 21.1. The number of phenolic OH excluding ortho intramolecular Hbond substituents is 1. The summed E-state index contributed by atoms with van der Waals surface area (Å²) in [7, 11) is 2.01. The molecule has 0 unspecified atom stereocenters. The minimum atomic E-state index is -0.369. The SMILES string of the molecule is Cn1cc(C2=CCC3(CC2)OCCO3)c2ccc(O)cc21. The van der Waals surface area contributed by atoms with Crippen molar-refractivity contribution in [2.45, 2.75) is 25.0 Å². The van der Waals surface area contributed by atoms with Crippen LogP contribution in [0, 0.1) is 0 Å². The lowest BCUT2D eigenvalue weighted by Gasteiger charge is -2.30. The molecule has 1 saturated heterocycles. The smallest absolute Gasteiger partial charge is 0.172 e. The molecule has 0 bridgehead atoms. The Hall–Kier alpha value is -1.78. The van der Waals surface area contributed by atoms with Gasteiger partial charge in [0.2, 0.25) is 0 Å². The first-order valence-electron chi connectivity index (χ1n) is 7.42.